The van der Waals surface area contributed by atoms with Gasteiger partial charge in [-0.1, -0.05) is 6.07 Å². The molecule has 3 heterocycles. The number of hydrogen-bond acceptors (Lipinski definition) is 5. The van der Waals surface area contributed by atoms with Crippen molar-refractivity contribution in [2.45, 2.75) is 18.0 Å². The zero-order chi connectivity index (χ0) is 11.7. The molecule has 1 N–H and O–H groups in total. The third kappa shape index (κ3) is 2.10. The number of thioether (sulfide) groups is 1. The Hall–Kier alpha value is -0.910. The van der Waals surface area contributed by atoms with Gasteiger partial charge in [-0.15, -0.1) is 23.1 Å². The summed E-state index contributed by atoms with van der Waals surface area (Å²) in [5.74, 6) is 0.880. The van der Waals surface area contributed by atoms with Gasteiger partial charge < -0.3 is 5.32 Å². The Morgan fingerprint density at radius 3 is 3.12 bits per heavy atom. The second-order valence-corrected chi connectivity index (χ2v) is 5.63. The fraction of sp³-hybridized carbons (Fsp3) is 0.333. The summed E-state index contributed by atoms with van der Waals surface area (Å²) in [6.45, 7) is 1.91. The Labute approximate surface area is 109 Å². The smallest absolute Gasteiger partial charge is 0.170 e. The SMILES string of the molecule is CSc1nc(-c2cccs2)nc2c1CNCC2. The van der Waals surface area contributed by atoms with Crippen LogP contribution in [0.2, 0.25) is 0 Å². The van der Waals surface area contributed by atoms with Crippen LogP contribution in [-0.2, 0) is 13.0 Å². The average Bonchev–Trinajstić information content (AvgIpc) is 2.91. The standard InChI is InChI=1S/C12H13N3S2/c1-16-12-8-7-13-5-4-9(8)14-11(15-12)10-3-2-6-17-10/h2-3,6,13H,4-5,7H2,1H3. The van der Waals surface area contributed by atoms with Gasteiger partial charge in [-0.2, -0.15) is 0 Å². The summed E-state index contributed by atoms with van der Waals surface area (Å²) < 4.78 is 0. The third-order valence-corrected chi connectivity index (χ3v) is 4.42. The third-order valence-electron chi connectivity index (χ3n) is 2.83. The summed E-state index contributed by atoms with van der Waals surface area (Å²) in [7, 11) is 0. The van der Waals surface area contributed by atoms with E-state index in [1.807, 2.05) is 6.07 Å². The summed E-state index contributed by atoms with van der Waals surface area (Å²) in [6, 6.07) is 4.13. The Morgan fingerprint density at radius 1 is 1.41 bits per heavy atom. The van der Waals surface area contributed by atoms with Gasteiger partial charge in [0.05, 0.1) is 10.6 Å². The van der Waals surface area contributed by atoms with E-state index in [2.05, 4.69) is 28.0 Å². The maximum absolute atomic E-state index is 4.71. The van der Waals surface area contributed by atoms with E-state index < -0.39 is 0 Å². The van der Waals surface area contributed by atoms with Crippen molar-refractivity contribution in [3.63, 3.8) is 0 Å². The highest BCUT2D eigenvalue weighted by molar-refractivity contribution is 7.98. The van der Waals surface area contributed by atoms with E-state index in [0.717, 1.165) is 35.2 Å². The Balaban J connectivity index is 2.12. The van der Waals surface area contributed by atoms with E-state index in [0.29, 0.717) is 0 Å². The summed E-state index contributed by atoms with van der Waals surface area (Å²) in [6.07, 6.45) is 3.08. The number of thiophene rings is 1. The Bertz CT molecular complexity index is 506. The first-order valence-electron chi connectivity index (χ1n) is 5.57. The molecule has 2 aromatic rings. The largest absolute Gasteiger partial charge is 0.312 e. The van der Waals surface area contributed by atoms with Gasteiger partial charge in [0, 0.05) is 25.1 Å². The van der Waals surface area contributed by atoms with Crippen LogP contribution in [0.25, 0.3) is 10.7 Å². The monoisotopic (exact) mass is 263 g/mol. The highest BCUT2D eigenvalue weighted by atomic mass is 32.2. The molecule has 0 radical (unpaired) electrons. The molecule has 2 aromatic heterocycles. The van der Waals surface area contributed by atoms with Crippen LogP contribution in [0, 0.1) is 0 Å². The molecule has 0 fully saturated rings. The molecule has 0 saturated heterocycles. The summed E-state index contributed by atoms with van der Waals surface area (Å²) in [4.78, 5) is 10.5. The van der Waals surface area contributed by atoms with Gasteiger partial charge in [-0.05, 0) is 17.7 Å². The minimum atomic E-state index is 0.880. The lowest BCUT2D eigenvalue weighted by Gasteiger charge is -2.18. The van der Waals surface area contributed by atoms with Gasteiger partial charge in [-0.25, -0.2) is 9.97 Å². The number of hydrogen-bond donors (Lipinski definition) is 1. The molecule has 0 atom stereocenters. The average molecular weight is 263 g/mol. The molecule has 0 spiro atoms. The molecule has 1 aliphatic heterocycles. The Morgan fingerprint density at radius 2 is 2.35 bits per heavy atom. The molecule has 3 nitrogen and oxygen atoms in total. The van der Waals surface area contributed by atoms with Crippen molar-refractivity contribution in [3.05, 3.63) is 28.8 Å². The maximum Gasteiger partial charge on any atom is 0.170 e. The number of nitrogens with zero attached hydrogens (tertiary/aromatic N) is 2. The minimum Gasteiger partial charge on any atom is -0.312 e. The number of fused-ring (bicyclic) bond motifs is 1. The number of rotatable bonds is 2. The van der Waals surface area contributed by atoms with E-state index >= 15 is 0 Å². The van der Waals surface area contributed by atoms with Crippen molar-refractivity contribution in [2.75, 3.05) is 12.8 Å². The fourth-order valence-electron chi connectivity index (χ4n) is 2.00. The number of nitrogens with one attached hydrogen (secondary N) is 1. The molecule has 3 rings (SSSR count). The molecule has 1 aliphatic rings. The zero-order valence-corrected chi connectivity index (χ0v) is 11.2. The van der Waals surface area contributed by atoms with Gasteiger partial charge in [0.2, 0.25) is 0 Å². The molecular formula is C12H13N3S2. The van der Waals surface area contributed by atoms with Gasteiger partial charge in [0.15, 0.2) is 5.82 Å². The first-order chi connectivity index (χ1) is 8.38. The predicted octanol–water partition coefficient (Wildman–Crippen LogP) is 2.57. The van der Waals surface area contributed by atoms with Crippen molar-refractivity contribution in [1.29, 1.82) is 0 Å². The van der Waals surface area contributed by atoms with E-state index in [1.54, 1.807) is 23.1 Å². The van der Waals surface area contributed by atoms with Gasteiger partial charge in [0.25, 0.3) is 0 Å². The lowest BCUT2D eigenvalue weighted by atomic mass is 10.1. The quantitative estimate of drug-likeness (QED) is 0.667. The summed E-state index contributed by atoms with van der Waals surface area (Å²) >= 11 is 3.40. The highest BCUT2D eigenvalue weighted by Crippen LogP contribution is 2.28. The zero-order valence-electron chi connectivity index (χ0n) is 9.56. The predicted molar refractivity (Wildman–Crippen MR) is 72.5 cm³/mol. The van der Waals surface area contributed by atoms with Crippen LogP contribution in [0.1, 0.15) is 11.3 Å². The van der Waals surface area contributed by atoms with Crippen molar-refractivity contribution in [1.82, 2.24) is 15.3 Å². The lowest BCUT2D eigenvalue weighted by Crippen LogP contribution is -2.25. The molecule has 0 unspecified atom stereocenters. The van der Waals surface area contributed by atoms with E-state index in [-0.39, 0.29) is 0 Å². The van der Waals surface area contributed by atoms with Crippen molar-refractivity contribution in [3.8, 4) is 10.7 Å². The Kier molecular flexibility index (Phi) is 3.13. The van der Waals surface area contributed by atoms with Gasteiger partial charge >= 0.3 is 0 Å². The van der Waals surface area contributed by atoms with Gasteiger partial charge in [0.1, 0.15) is 5.03 Å². The second kappa shape index (κ2) is 4.76. The summed E-state index contributed by atoms with van der Waals surface area (Å²) in [5, 5.41) is 6.56. The normalized spacial score (nSPS) is 14.6. The molecule has 0 aliphatic carbocycles. The fourth-order valence-corrected chi connectivity index (χ4v) is 3.27. The van der Waals surface area contributed by atoms with Gasteiger partial charge in [-0.3, -0.25) is 0 Å². The molecule has 17 heavy (non-hydrogen) atoms. The number of aromatic nitrogens is 2. The van der Waals surface area contributed by atoms with E-state index in [4.69, 9.17) is 4.98 Å². The van der Waals surface area contributed by atoms with Crippen LogP contribution < -0.4 is 5.32 Å². The minimum absolute atomic E-state index is 0.880. The lowest BCUT2D eigenvalue weighted by molar-refractivity contribution is 0.612. The maximum atomic E-state index is 4.71. The van der Waals surface area contributed by atoms with Crippen LogP contribution in [-0.4, -0.2) is 22.8 Å². The molecule has 5 heteroatoms. The van der Waals surface area contributed by atoms with Crippen molar-refractivity contribution < 1.29 is 0 Å². The second-order valence-electron chi connectivity index (χ2n) is 3.89. The van der Waals surface area contributed by atoms with E-state index in [1.165, 1.54) is 11.3 Å². The van der Waals surface area contributed by atoms with Crippen molar-refractivity contribution in [2.24, 2.45) is 0 Å². The topological polar surface area (TPSA) is 37.8 Å². The van der Waals surface area contributed by atoms with Crippen molar-refractivity contribution >= 4 is 23.1 Å². The first kappa shape index (κ1) is 11.2. The van der Waals surface area contributed by atoms with Crippen LogP contribution in [0.4, 0.5) is 0 Å². The van der Waals surface area contributed by atoms with Crippen LogP contribution in [0.3, 0.4) is 0 Å². The summed E-state index contributed by atoms with van der Waals surface area (Å²) in [5.41, 5.74) is 2.50. The molecule has 88 valence electrons. The van der Waals surface area contributed by atoms with Crippen LogP contribution >= 0.6 is 23.1 Å². The van der Waals surface area contributed by atoms with Crippen LogP contribution in [0.5, 0.6) is 0 Å². The van der Waals surface area contributed by atoms with E-state index in [9.17, 15) is 0 Å². The van der Waals surface area contributed by atoms with Crippen LogP contribution in [0.15, 0.2) is 22.5 Å². The molecular weight excluding hydrogens is 250 g/mol. The highest BCUT2D eigenvalue weighted by Gasteiger charge is 2.17. The molecule has 0 amide bonds. The molecule has 0 saturated carbocycles. The molecule has 0 aromatic carbocycles. The molecule has 0 bridgehead atoms. The first-order valence-corrected chi connectivity index (χ1v) is 7.67.